The number of hydrogen-bond acceptors (Lipinski definition) is 2. The fourth-order valence-electron chi connectivity index (χ4n) is 2.38. The van der Waals surface area contributed by atoms with Gasteiger partial charge in [-0.1, -0.05) is 24.3 Å². The van der Waals surface area contributed by atoms with E-state index in [1.807, 2.05) is 43.3 Å². The molecule has 4 heteroatoms. The lowest BCUT2D eigenvalue weighted by Gasteiger charge is -2.08. The SMILES string of the molecule is Cc1cccc(NC(=O)c2ccc(CNC(=O)C3CC3)cc2)c1. The van der Waals surface area contributed by atoms with Crippen LogP contribution in [0.25, 0.3) is 0 Å². The molecule has 118 valence electrons. The molecule has 2 amide bonds. The molecule has 0 bridgehead atoms. The molecule has 0 aliphatic heterocycles. The van der Waals surface area contributed by atoms with Gasteiger partial charge >= 0.3 is 0 Å². The summed E-state index contributed by atoms with van der Waals surface area (Å²) in [4.78, 5) is 23.8. The number of nitrogens with one attached hydrogen (secondary N) is 2. The predicted octanol–water partition coefficient (Wildman–Crippen LogP) is 3.27. The number of rotatable bonds is 5. The van der Waals surface area contributed by atoms with Crippen LogP contribution in [0.5, 0.6) is 0 Å². The zero-order valence-corrected chi connectivity index (χ0v) is 13.1. The first-order chi connectivity index (χ1) is 11.1. The fourth-order valence-corrected chi connectivity index (χ4v) is 2.38. The summed E-state index contributed by atoms with van der Waals surface area (Å²) in [6.45, 7) is 2.50. The Morgan fingerprint density at radius 2 is 1.83 bits per heavy atom. The lowest BCUT2D eigenvalue weighted by atomic mass is 10.1. The lowest BCUT2D eigenvalue weighted by molar-refractivity contribution is -0.122. The first-order valence-electron chi connectivity index (χ1n) is 7.86. The molecule has 1 aliphatic carbocycles. The molecule has 1 fully saturated rings. The van der Waals surface area contributed by atoms with E-state index in [0.717, 1.165) is 29.7 Å². The molecule has 0 radical (unpaired) electrons. The van der Waals surface area contributed by atoms with Gasteiger partial charge in [0.25, 0.3) is 5.91 Å². The van der Waals surface area contributed by atoms with Crippen LogP contribution in [0.2, 0.25) is 0 Å². The third-order valence-corrected chi connectivity index (χ3v) is 3.91. The Kier molecular flexibility index (Phi) is 4.42. The van der Waals surface area contributed by atoms with E-state index in [1.165, 1.54) is 0 Å². The average molecular weight is 308 g/mol. The molecule has 1 saturated carbocycles. The molecule has 0 heterocycles. The molecule has 0 atom stereocenters. The van der Waals surface area contributed by atoms with Crippen LogP contribution in [0.4, 0.5) is 5.69 Å². The predicted molar refractivity (Wildman–Crippen MR) is 90.1 cm³/mol. The van der Waals surface area contributed by atoms with Gasteiger partial charge in [0.1, 0.15) is 0 Å². The highest BCUT2D eigenvalue weighted by Crippen LogP contribution is 2.28. The molecule has 1 aliphatic rings. The third-order valence-electron chi connectivity index (χ3n) is 3.91. The van der Waals surface area contributed by atoms with Crippen LogP contribution in [0.1, 0.15) is 34.3 Å². The number of aryl methyl sites for hydroxylation is 1. The van der Waals surface area contributed by atoms with Crippen molar-refractivity contribution in [2.75, 3.05) is 5.32 Å². The van der Waals surface area contributed by atoms with Crippen LogP contribution in [-0.4, -0.2) is 11.8 Å². The van der Waals surface area contributed by atoms with Crippen LogP contribution in [0.15, 0.2) is 48.5 Å². The zero-order chi connectivity index (χ0) is 16.2. The summed E-state index contributed by atoms with van der Waals surface area (Å²) in [6.07, 6.45) is 2.01. The highest BCUT2D eigenvalue weighted by Gasteiger charge is 2.29. The van der Waals surface area contributed by atoms with Gasteiger partial charge in [0, 0.05) is 23.7 Å². The van der Waals surface area contributed by atoms with Gasteiger partial charge in [-0.3, -0.25) is 9.59 Å². The molecule has 2 N–H and O–H groups in total. The van der Waals surface area contributed by atoms with Gasteiger partial charge in [0.15, 0.2) is 0 Å². The lowest BCUT2D eigenvalue weighted by Crippen LogP contribution is -2.24. The van der Waals surface area contributed by atoms with E-state index < -0.39 is 0 Å². The molecule has 2 aromatic carbocycles. The van der Waals surface area contributed by atoms with Crippen molar-refractivity contribution < 1.29 is 9.59 Å². The van der Waals surface area contributed by atoms with Gasteiger partial charge < -0.3 is 10.6 Å². The van der Waals surface area contributed by atoms with Gasteiger partial charge in [-0.2, -0.15) is 0 Å². The molecule has 2 aromatic rings. The number of benzene rings is 2. The van der Waals surface area contributed by atoms with Gasteiger partial charge in [0.05, 0.1) is 0 Å². The highest BCUT2D eigenvalue weighted by molar-refractivity contribution is 6.04. The second-order valence-electron chi connectivity index (χ2n) is 6.01. The molecule has 3 rings (SSSR count). The Balaban J connectivity index is 1.57. The molecule has 4 nitrogen and oxygen atoms in total. The summed E-state index contributed by atoms with van der Waals surface area (Å²) in [5.41, 5.74) is 3.48. The summed E-state index contributed by atoms with van der Waals surface area (Å²) in [5, 5.41) is 5.80. The maximum absolute atomic E-state index is 12.2. The second-order valence-corrected chi connectivity index (χ2v) is 6.01. The summed E-state index contributed by atoms with van der Waals surface area (Å²) in [5.74, 6) is 0.213. The molecular weight excluding hydrogens is 288 g/mol. The molecule has 0 saturated heterocycles. The van der Waals surface area contributed by atoms with Gasteiger partial charge in [0.2, 0.25) is 5.91 Å². The van der Waals surface area contributed by atoms with E-state index >= 15 is 0 Å². The Morgan fingerprint density at radius 1 is 1.09 bits per heavy atom. The van der Waals surface area contributed by atoms with Crippen molar-refractivity contribution in [2.24, 2.45) is 5.92 Å². The Labute approximate surface area is 135 Å². The van der Waals surface area contributed by atoms with E-state index in [1.54, 1.807) is 12.1 Å². The van der Waals surface area contributed by atoms with Gasteiger partial charge in [-0.15, -0.1) is 0 Å². The van der Waals surface area contributed by atoms with Crippen LogP contribution < -0.4 is 10.6 Å². The van der Waals surface area contributed by atoms with Crippen LogP contribution in [0, 0.1) is 12.8 Å². The molecular formula is C19H20N2O2. The molecule has 0 unspecified atom stereocenters. The maximum Gasteiger partial charge on any atom is 0.255 e. The van der Waals surface area contributed by atoms with Crippen molar-refractivity contribution in [3.63, 3.8) is 0 Å². The standard InChI is InChI=1S/C19H20N2O2/c1-13-3-2-4-17(11-13)21-19(23)16-7-5-14(6-8-16)12-20-18(22)15-9-10-15/h2-8,11,15H,9-10,12H2,1H3,(H,20,22)(H,21,23). The summed E-state index contributed by atoms with van der Waals surface area (Å²) >= 11 is 0. The number of amides is 2. The number of carbonyl (C=O) groups is 2. The Hall–Kier alpha value is -2.62. The van der Waals surface area contributed by atoms with Gasteiger partial charge in [-0.25, -0.2) is 0 Å². The van der Waals surface area contributed by atoms with E-state index in [9.17, 15) is 9.59 Å². The minimum absolute atomic E-state index is 0.131. The van der Waals surface area contributed by atoms with E-state index in [-0.39, 0.29) is 17.7 Å². The van der Waals surface area contributed by atoms with E-state index in [0.29, 0.717) is 12.1 Å². The first kappa shape index (κ1) is 15.3. The van der Waals surface area contributed by atoms with Crippen molar-refractivity contribution in [2.45, 2.75) is 26.3 Å². The minimum Gasteiger partial charge on any atom is -0.352 e. The second kappa shape index (κ2) is 6.65. The monoisotopic (exact) mass is 308 g/mol. The van der Waals surface area contributed by atoms with Crippen LogP contribution >= 0.6 is 0 Å². The minimum atomic E-state index is -0.135. The fraction of sp³-hybridized carbons (Fsp3) is 0.263. The number of carbonyl (C=O) groups excluding carboxylic acids is 2. The topological polar surface area (TPSA) is 58.2 Å². The van der Waals surface area contributed by atoms with Crippen molar-refractivity contribution in [1.29, 1.82) is 0 Å². The average Bonchev–Trinajstić information content (AvgIpc) is 3.38. The molecule has 0 spiro atoms. The van der Waals surface area contributed by atoms with Crippen molar-refractivity contribution in [3.8, 4) is 0 Å². The maximum atomic E-state index is 12.2. The normalized spacial score (nSPS) is 13.4. The smallest absolute Gasteiger partial charge is 0.255 e. The largest absolute Gasteiger partial charge is 0.352 e. The highest BCUT2D eigenvalue weighted by atomic mass is 16.2. The summed E-state index contributed by atoms with van der Waals surface area (Å²) in [6, 6.07) is 15.0. The van der Waals surface area contributed by atoms with Crippen molar-refractivity contribution in [1.82, 2.24) is 5.32 Å². The summed E-state index contributed by atoms with van der Waals surface area (Å²) < 4.78 is 0. The number of anilines is 1. The molecule has 23 heavy (non-hydrogen) atoms. The van der Waals surface area contributed by atoms with Crippen LogP contribution in [-0.2, 0) is 11.3 Å². The van der Waals surface area contributed by atoms with E-state index in [4.69, 9.17) is 0 Å². The first-order valence-corrected chi connectivity index (χ1v) is 7.86. The number of hydrogen-bond donors (Lipinski definition) is 2. The quantitative estimate of drug-likeness (QED) is 0.890. The third kappa shape index (κ3) is 4.19. The van der Waals surface area contributed by atoms with Crippen molar-refractivity contribution >= 4 is 17.5 Å². The van der Waals surface area contributed by atoms with Crippen LogP contribution in [0.3, 0.4) is 0 Å². The Morgan fingerprint density at radius 3 is 2.48 bits per heavy atom. The molecule has 0 aromatic heterocycles. The van der Waals surface area contributed by atoms with Crippen molar-refractivity contribution in [3.05, 3.63) is 65.2 Å². The zero-order valence-electron chi connectivity index (χ0n) is 13.1. The Bertz CT molecular complexity index is 718. The van der Waals surface area contributed by atoms with Gasteiger partial charge in [-0.05, 0) is 55.2 Å². The van der Waals surface area contributed by atoms with E-state index in [2.05, 4.69) is 10.6 Å². The summed E-state index contributed by atoms with van der Waals surface area (Å²) in [7, 11) is 0.